The summed E-state index contributed by atoms with van der Waals surface area (Å²) in [6.45, 7) is 5.15. The lowest BCUT2D eigenvalue weighted by atomic mass is 9.91. The third-order valence-corrected chi connectivity index (χ3v) is 5.08. The number of amides is 1. The van der Waals surface area contributed by atoms with Crippen molar-refractivity contribution < 1.29 is 14.3 Å². The lowest BCUT2D eigenvalue weighted by molar-refractivity contribution is -0.119. The van der Waals surface area contributed by atoms with Crippen molar-refractivity contribution in [3.8, 4) is 5.75 Å². The number of hydrogen-bond acceptors (Lipinski definition) is 4. The monoisotopic (exact) mass is 346 g/mol. The van der Waals surface area contributed by atoms with Gasteiger partial charge >= 0.3 is 0 Å². The topological polar surface area (TPSA) is 59.6 Å². The van der Waals surface area contributed by atoms with Gasteiger partial charge in [0.1, 0.15) is 12.4 Å². The molecular weight excluding hydrogens is 316 g/mol. The van der Waals surface area contributed by atoms with E-state index in [1.807, 2.05) is 0 Å². The first kappa shape index (κ1) is 18.1. The zero-order valence-electron chi connectivity index (χ0n) is 15.3. The fourth-order valence-corrected chi connectivity index (χ4v) is 3.72. The molecule has 5 nitrogen and oxygen atoms in total. The Hall–Kier alpha value is -1.75. The number of rotatable bonds is 6. The maximum absolute atomic E-state index is 11.2. The molecule has 3 rings (SSSR count). The SMILES string of the molecule is CC(=O)NC1CCC(Nc2ccc(C)cc2OCC2CCCO2)CC1. The Kier molecular flexibility index (Phi) is 6.19. The molecule has 1 aliphatic heterocycles. The molecule has 0 spiro atoms. The van der Waals surface area contributed by atoms with E-state index in [0.29, 0.717) is 18.7 Å². The van der Waals surface area contributed by atoms with Gasteiger partial charge in [-0.25, -0.2) is 0 Å². The number of carbonyl (C=O) groups excluding carboxylic acids is 1. The van der Waals surface area contributed by atoms with Gasteiger partial charge in [0.15, 0.2) is 0 Å². The van der Waals surface area contributed by atoms with Gasteiger partial charge in [0.2, 0.25) is 5.91 Å². The molecule has 25 heavy (non-hydrogen) atoms. The van der Waals surface area contributed by atoms with Crippen molar-refractivity contribution in [1.29, 1.82) is 0 Å². The van der Waals surface area contributed by atoms with Gasteiger partial charge in [-0.2, -0.15) is 0 Å². The summed E-state index contributed by atoms with van der Waals surface area (Å²) < 4.78 is 11.7. The molecule has 1 amide bonds. The fourth-order valence-electron chi connectivity index (χ4n) is 3.72. The average Bonchev–Trinajstić information content (AvgIpc) is 3.10. The molecule has 1 unspecified atom stereocenters. The van der Waals surface area contributed by atoms with Crippen molar-refractivity contribution in [2.45, 2.75) is 70.6 Å². The maximum Gasteiger partial charge on any atom is 0.217 e. The standard InChI is InChI=1S/C20H30N2O3/c1-14-5-10-19(20(12-14)25-13-18-4-3-11-24-18)22-17-8-6-16(7-9-17)21-15(2)23/h5,10,12,16-18,22H,3-4,6-9,11,13H2,1-2H3,(H,21,23). The van der Waals surface area contributed by atoms with Crippen molar-refractivity contribution in [3.63, 3.8) is 0 Å². The summed E-state index contributed by atoms with van der Waals surface area (Å²) in [6.07, 6.45) is 6.60. The minimum Gasteiger partial charge on any atom is -0.489 e. The Morgan fingerprint density at radius 1 is 1.20 bits per heavy atom. The lowest BCUT2D eigenvalue weighted by Crippen LogP contribution is -2.39. The van der Waals surface area contributed by atoms with E-state index in [0.717, 1.165) is 56.6 Å². The zero-order chi connectivity index (χ0) is 17.6. The molecule has 2 fully saturated rings. The molecule has 1 saturated carbocycles. The number of anilines is 1. The Labute approximate surface area is 150 Å². The van der Waals surface area contributed by atoms with E-state index in [1.54, 1.807) is 6.92 Å². The second kappa shape index (κ2) is 8.56. The fraction of sp³-hybridized carbons (Fsp3) is 0.650. The van der Waals surface area contributed by atoms with Crippen molar-refractivity contribution >= 4 is 11.6 Å². The number of aryl methyl sites for hydroxylation is 1. The van der Waals surface area contributed by atoms with Crippen LogP contribution in [0.2, 0.25) is 0 Å². The van der Waals surface area contributed by atoms with E-state index in [1.165, 1.54) is 5.56 Å². The van der Waals surface area contributed by atoms with Gasteiger partial charge in [-0.05, 0) is 63.1 Å². The molecule has 0 aromatic heterocycles. The van der Waals surface area contributed by atoms with Crippen LogP contribution in [0.5, 0.6) is 5.75 Å². The van der Waals surface area contributed by atoms with E-state index in [2.05, 4.69) is 35.8 Å². The molecule has 1 aromatic rings. The summed E-state index contributed by atoms with van der Waals surface area (Å²) in [5.41, 5.74) is 2.26. The van der Waals surface area contributed by atoms with Crippen LogP contribution < -0.4 is 15.4 Å². The van der Waals surface area contributed by atoms with Crippen LogP contribution in [-0.2, 0) is 9.53 Å². The molecule has 5 heteroatoms. The van der Waals surface area contributed by atoms with Gasteiger partial charge in [-0.15, -0.1) is 0 Å². The second-order valence-corrected chi connectivity index (χ2v) is 7.34. The Morgan fingerprint density at radius 3 is 2.64 bits per heavy atom. The average molecular weight is 346 g/mol. The number of benzene rings is 1. The van der Waals surface area contributed by atoms with Gasteiger partial charge in [0, 0.05) is 25.6 Å². The molecule has 1 heterocycles. The Morgan fingerprint density at radius 2 is 1.96 bits per heavy atom. The third-order valence-electron chi connectivity index (χ3n) is 5.08. The van der Waals surface area contributed by atoms with Crippen LogP contribution in [0.4, 0.5) is 5.69 Å². The molecule has 138 valence electrons. The summed E-state index contributed by atoms with van der Waals surface area (Å²) in [5.74, 6) is 0.985. The van der Waals surface area contributed by atoms with Crippen molar-refractivity contribution in [3.05, 3.63) is 23.8 Å². The van der Waals surface area contributed by atoms with E-state index in [9.17, 15) is 4.79 Å². The van der Waals surface area contributed by atoms with E-state index in [4.69, 9.17) is 9.47 Å². The maximum atomic E-state index is 11.2. The first-order chi connectivity index (χ1) is 12.1. The van der Waals surface area contributed by atoms with Crippen molar-refractivity contribution in [2.75, 3.05) is 18.5 Å². The largest absolute Gasteiger partial charge is 0.489 e. The first-order valence-corrected chi connectivity index (χ1v) is 9.49. The lowest BCUT2D eigenvalue weighted by Gasteiger charge is -2.30. The Bertz CT molecular complexity index is 576. The van der Waals surface area contributed by atoms with Gasteiger partial charge in [0.25, 0.3) is 0 Å². The van der Waals surface area contributed by atoms with Crippen LogP contribution >= 0.6 is 0 Å². The highest BCUT2D eigenvalue weighted by atomic mass is 16.5. The molecule has 1 saturated heterocycles. The molecule has 2 aliphatic rings. The van der Waals surface area contributed by atoms with Gasteiger partial charge in [-0.1, -0.05) is 6.07 Å². The van der Waals surface area contributed by atoms with E-state index >= 15 is 0 Å². The first-order valence-electron chi connectivity index (χ1n) is 9.49. The molecular formula is C20H30N2O3. The molecule has 1 atom stereocenters. The number of ether oxygens (including phenoxy) is 2. The minimum absolute atomic E-state index is 0.0692. The summed E-state index contributed by atoms with van der Waals surface area (Å²) in [7, 11) is 0. The molecule has 1 aliphatic carbocycles. The minimum atomic E-state index is 0.0692. The number of hydrogen-bond donors (Lipinski definition) is 2. The van der Waals surface area contributed by atoms with Gasteiger partial charge in [0.05, 0.1) is 11.8 Å². The zero-order valence-corrected chi connectivity index (χ0v) is 15.3. The summed E-state index contributed by atoms with van der Waals surface area (Å²) >= 11 is 0. The smallest absolute Gasteiger partial charge is 0.217 e. The summed E-state index contributed by atoms with van der Waals surface area (Å²) in [6, 6.07) is 7.08. The highest BCUT2D eigenvalue weighted by Gasteiger charge is 2.23. The highest BCUT2D eigenvalue weighted by molar-refractivity contribution is 5.73. The molecule has 0 radical (unpaired) electrons. The molecule has 1 aromatic carbocycles. The Balaban J connectivity index is 1.55. The summed E-state index contributed by atoms with van der Waals surface area (Å²) in [5, 5.41) is 6.68. The highest BCUT2D eigenvalue weighted by Crippen LogP contribution is 2.30. The normalized spacial score (nSPS) is 26.2. The third kappa shape index (κ3) is 5.36. The van der Waals surface area contributed by atoms with Gasteiger partial charge < -0.3 is 20.1 Å². The summed E-state index contributed by atoms with van der Waals surface area (Å²) in [4.78, 5) is 11.2. The number of nitrogens with one attached hydrogen (secondary N) is 2. The predicted octanol–water partition coefficient (Wildman–Crippen LogP) is 3.41. The molecule has 0 bridgehead atoms. The predicted molar refractivity (Wildman–Crippen MR) is 99.1 cm³/mol. The quantitative estimate of drug-likeness (QED) is 0.829. The van der Waals surface area contributed by atoms with Crippen LogP contribution in [0.15, 0.2) is 18.2 Å². The van der Waals surface area contributed by atoms with Crippen LogP contribution in [0.1, 0.15) is 51.0 Å². The number of carbonyl (C=O) groups is 1. The van der Waals surface area contributed by atoms with Crippen LogP contribution in [0, 0.1) is 6.92 Å². The van der Waals surface area contributed by atoms with Crippen molar-refractivity contribution in [2.24, 2.45) is 0 Å². The van der Waals surface area contributed by atoms with Gasteiger partial charge in [-0.3, -0.25) is 4.79 Å². The van der Waals surface area contributed by atoms with Crippen LogP contribution in [0.3, 0.4) is 0 Å². The van der Waals surface area contributed by atoms with E-state index in [-0.39, 0.29) is 12.0 Å². The van der Waals surface area contributed by atoms with Crippen molar-refractivity contribution in [1.82, 2.24) is 5.32 Å². The second-order valence-electron chi connectivity index (χ2n) is 7.34. The van der Waals surface area contributed by atoms with Crippen LogP contribution in [0.25, 0.3) is 0 Å². The van der Waals surface area contributed by atoms with Crippen LogP contribution in [-0.4, -0.2) is 37.3 Å². The van der Waals surface area contributed by atoms with E-state index < -0.39 is 0 Å². The molecule has 2 N–H and O–H groups in total.